The molecule has 5 heteroatoms. The summed E-state index contributed by atoms with van der Waals surface area (Å²) < 4.78 is 18.5. The molecule has 0 fully saturated rings. The number of aryl methyl sites for hydroxylation is 1. The number of ether oxygens (including phenoxy) is 1. The first kappa shape index (κ1) is 13.6. The number of carboxylic acids is 1. The van der Waals surface area contributed by atoms with Crippen LogP contribution in [0.15, 0.2) is 36.4 Å². The van der Waals surface area contributed by atoms with Crippen LogP contribution in [-0.2, 0) is 0 Å². The van der Waals surface area contributed by atoms with Crippen LogP contribution in [0.25, 0.3) is 0 Å². The van der Waals surface area contributed by atoms with Gasteiger partial charge in [0, 0.05) is 0 Å². The first-order chi connectivity index (χ1) is 9.51. The Morgan fingerprint density at radius 2 is 2.00 bits per heavy atom. The maximum atomic E-state index is 13.1. The summed E-state index contributed by atoms with van der Waals surface area (Å²) in [5, 5.41) is 18.0. The van der Waals surface area contributed by atoms with E-state index in [0.29, 0.717) is 0 Å². The van der Waals surface area contributed by atoms with Crippen molar-refractivity contribution in [2.24, 2.45) is 0 Å². The number of benzene rings is 2. The molecule has 0 unspecified atom stereocenters. The molecule has 0 aliphatic rings. The number of aromatic carboxylic acids is 1. The van der Waals surface area contributed by atoms with Crippen LogP contribution in [0, 0.1) is 24.1 Å². The van der Waals surface area contributed by atoms with Gasteiger partial charge in [0.25, 0.3) is 0 Å². The fourth-order valence-electron chi connectivity index (χ4n) is 1.68. The zero-order chi connectivity index (χ0) is 14.7. The minimum atomic E-state index is -1.30. The quantitative estimate of drug-likeness (QED) is 0.927. The van der Waals surface area contributed by atoms with E-state index in [4.69, 9.17) is 15.1 Å². The monoisotopic (exact) mass is 271 g/mol. The number of halogens is 1. The standard InChI is InChI=1S/C15H10FNO3/c1-9-2-3-10(8-17)14(6-9)20-13-5-4-11(16)7-12(13)15(18)19/h2-7H,1H3,(H,18,19). The highest BCUT2D eigenvalue weighted by Gasteiger charge is 2.15. The number of rotatable bonds is 3. The number of nitrogens with zero attached hydrogens (tertiary/aromatic N) is 1. The molecule has 0 atom stereocenters. The van der Waals surface area contributed by atoms with Gasteiger partial charge in [-0.25, -0.2) is 9.18 Å². The van der Waals surface area contributed by atoms with Gasteiger partial charge in [0.15, 0.2) is 0 Å². The number of hydrogen-bond donors (Lipinski definition) is 1. The molecule has 2 aromatic rings. The van der Waals surface area contributed by atoms with Gasteiger partial charge in [0.1, 0.15) is 28.9 Å². The van der Waals surface area contributed by atoms with E-state index in [-0.39, 0.29) is 22.6 Å². The largest absolute Gasteiger partial charge is 0.478 e. The summed E-state index contributed by atoms with van der Waals surface area (Å²) in [6, 6.07) is 10.1. The number of carboxylic acid groups (broad SMARTS) is 1. The molecular weight excluding hydrogens is 261 g/mol. The molecule has 20 heavy (non-hydrogen) atoms. The molecular formula is C15H10FNO3. The normalized spacial score (nSPS) is 9.85. The van der Waals surface area contributed by atoms with Crippen LogP contribution >= 0.6 is 0 Å². The van der Waals surface area contributed by atoms with E-state index in [1.54, 1.807) is 18.2 Å². The average Bonchev–Trinajstić information content (AvgIpc) is 2.41. The van der Waals surface area contributed by atoms with Crippen LogP contribution in [0.1, 0.15) is 21.5 Å². The molecule has 2 aromatic carbocycles. The Labute approximate surface area is 114 Å². The van der Waals surface area contributed by atoms with E-state index >= 15 is 0 Å². The van der Waals surface area contributed by atoms with Gasteiger partial charge in [-0.05, 0) is 42.8 Å². The molecule has 0 saturated carbocycles. The molecule has 0 aromatic heterocycles. The van der Waals surface area contributed by atoms with Gasteiger partial charge >= 0.3 is 5.97 Å². The van der Waals surface area contributed by atoms with Gasteiger partial charge in [-0.2, -0.15) is 5.26 Å². The Kier molecular flexibility index (Phi) is 3.67. The summed E-state index contributed by atoms with van der Waals surface area (Å²) in [6.45, 7) is 1.82. The van der Waals surface area contributed by atoms with Crippen LogP contribution in [-0.4, -0.2) is 11.1 Å². The maximum absolute atomic E-state index is 13.1. The van der Waals surface area contributed by atoms with Gasteiger partial charge in [0.2, 0.25) is 0 Å². The lowest BCUT2D eigenvalue weighted by atomic mass is 10.1. The van der Waals surface area contributed by atoms with Crippen LogP contribution in [0.4, 0.5) is 4.39 Å². The van der Waals surface area contributed by atoms with E-state index in [1.807, 2.05) is 13.0 Å². The van der Waals surface area contributed by atoms with E-state index < -0.39 is 11.8 Å². The first-order valence-electron chi connectivity index (χ1n) is 5.72. The number of hydrogen-bond acceptors (Lipinski definition) is 3. The van der Waals surface area contributed by atoms with Crippen molar-refractivity contribution in [3.05, 3.63) is 58.9 Å². The molecule has 1 N–H and O–H groups in total. The summed E-state index contributed by atoms with van der Waals surface area (Å²) >= 11 is 0. The summed E-state index contributed by atoms with van der Waals surface area (Å²) in [5.74, 6) is -1.74. The van der Waals surface area contributed by atoms with Gasteiger partial charge in [-0.1, -0.05) is 6.07 Å². The highest BCUT2D eigenvalue weighted by atomic mass is 19.1. The Morgan fingerprint density at radius 3 is 2.65 bits per heavy atom. The predicted octanol–water partition coefficient (Wildman–Crippen LogP) is 3.50. The zero-order valence-corrected chi connectivity index (χ0v) is 10.6. The molecule has 0 saturated heterocycles. The highest BCUT2D eigenvalue weighted by Crippen LogP contribution is 2.29. The van der Waals surface area contributed by atoms with Crippen molar-refractivity contribution in [2.45, 2.75) is 6.92 Å². The third-order valence-electron chi connectivity index (χ3n) is 2.65. The van der Waals surface area contributed by atoms with Gasteiger partial charge in [-0.15, -0.1) is 0 Å². The minimum absolute atomic E-state index is 0.0130. The van der Waals surface area contributed by atoms with E-state index in [1.165, 1.54) is 6.07 Å². The third kappa shape index (κ3) is 2.75. The van der Waals surface area contributed by atoms with Gasteiger partial charge in [0.05, 0.1) is 5.56 Å². The summed E-state index contributed by atoms with van der Waals surface area (Å²) in [5.41, 5.74) is 0.838. The van der Waals surface area contributed by atoms with Gasteiger partial charge < -0.3 is 9.84 Å². The Morgan fingerprint density at radius 1 is 1.25 bits per heavy atom. The van der Waals surface area contributed by atoms with E-state index in [9.17, 15) is 9.18 Å². The van der Waals surface area contributed by atoms with Crippen molar-refractivity contribution in [3.63, 3.8) is 0 Å². The smallest absolute Gasteiger partial charge is 0.339 e. The molecule has 0 aliphatic carbocycles. The second-order valence-corrected chi connectivity index (χ2v) is 4.16. The topological polar surface area (TPSA) is 70.3 Å². The van der Waals surface area contributed by atoms with Crippen LogP contribution < -0.4 is 4.74 Å². The van der Waals surface area contributed by atoms with Crippen molar-refractivity contribution < 1.29 is 19.0 Å². The Bertz CT molecular complexity index is 720. The molecule has 2 rings (SSSR count). The van der Waals surface area contributed by atoms with Crippen molar-refractivity contribution in [3.8, 4) is 17.6 Å². The van der Waals surface area contributed by atoms with Crippen LogP contribution in [0.5, 0.6) is 11.5 Å². The van der Waals surface area contributed by atoms with Gasteiger partial charge in [-0.3, -0.25) is 0 Å². The SMILES string of the molecule is Cc1ccc(C#N)c(Oc2ccc(F)cc2C(=O)O)c1. The van der Waals surface area contributed by atoms with E-state index in [0.717, 1.165) is 17.7 Å². The second-order valence-electron chi connectivity index (χ2n) is 4.16. The van der Waals surface area contributed by atoms with Crippen LogP contribution in [0.2, 0.25) is 0 Å². The fraction of sp³-hybridized carbons (Fsp3) is 0.0667. The minimum Gasteiger partial charge on any atom is -0.478 e. The summed E-state index contributed by atoms with van der Waals surface area (Å²) in [7, 11) is 0. The lowest BCUT2D eigenvalue weighted by Gasteiger charge is -2.10. The molecule has 100 valence electrons. The molecule has 4 nitrogen and oxygen atoms in total. The van der Waals surface area contributed by atoms with Crippen molar-refractivity contribution in [1.29, 1.82) is 5.26 Å². The summed E-state index contributed by atoms with van der Waals surface area (Å²) in [4.78, 5) is 11.1. The van der Waals surface area contributed by atoms with E-state index in [2.05, 4.69) is 0 Å². The zero-order valence-electron chi connectivity index (χ0n) is 10.6. The molecule has 0 spiro atoms. The second kappa shape index (κ2) is 5.41. The average molecular weight is 271 g/mol. The van der Waals surface area contributed by atoms with Crippen molar-refractivity contribution in [1.82, 2.24) is 0 Å². The predicted molar refractivity (Wildman–Crippen MR) is 69.3 cm³/mol. The fourth-order valence-corrected chi connectivity index (χ4v) is 1.68. The van der Waals surface area contributed by atoms with Crippen molar-refractivity contribution in [2.75, 3.05) is 0 Å². The number of carbonyl (C=O) groups is 1. The third-order valence-corrected chi connectivity index (χ3v) is 2.65. The molecule has 0 radical (unpaired) electrons. The Hall–Kier alpha value is -2.87. The lowest BCUT2D eigenvalue weighted by Crippen LogP contribution is -2.01. The Balaban J connectivity index is 2.48. The number of nitriles is 1. The first-order valence-corrected chi connectivity index (χ1v) is 5.72. The highest BCUT2D eigenvalue weighted by molar-refractivity contribution is 5.91. The molecule has 0 heterocycles. The maximum Gasteiger partial charge on any atom is 0.339 e. The molecule has 0 aliphatic heterocycles. The molecule has 0 bridgehead atoms. The van der Waals surface area contributed by atoms with Crippen molar-refractivity contribution >= 4 is 5.97 Å². The van der Waals surface area contributed by atoms with Crippen LogP contribution in [0.3, 0.4) is 0 Å². The lowest BCUT2D eigenvalue weighted by molar-refractivity contribution is 0.0693. The molecule has 0 amide bonds. The summed E-state index contributed by atoms with van der Waals surface area (Å²) in [6.07, 6.45) is 0.